The third kappa shape index (κ3) is 2.26. The highest BCUT2D eigenvalue weighted by Crippen LogP contribution is 2.21. The molecular formula is C14H17NO3. The second-order valence-corrected chi connectivity index (χ2v) is 4.76. The van der Waals surface area contributed by atoms with E-state index in [0.29, 0.717) is 13.2 Å². The molecule has 0 aromatic heterocycles. The number of carbonyl (C=O) groups excluding carboxylic acids is 1. The van der Waals surface area contributed by atoms with Crippen LogP contribution in [0.4, 0.5) is 0 Å². The summed E-state index contributed by atoms with van der Waals surface area (Å²) in [5.74, 6) is -0.204. The van der Waals surface area contributed by atoms with Crippen LogP contribution in [0.2, 0.25) is 0 Å². The van der Waals surface area contributed by atoms with Gasteiger partial charge in [-0.1, -0.05) is 12.1 Å². The molecule has 1 N–H and O–H groups in total. The molecule has 0 amide bonds. The molecule has 0 spiro atoms. The lowest BCUT2D eigenvalue weighted by molar-refractivity contribution is 0.0269. The fourth-order valence-electron chi connectivity index (χ4n) is 2.54. The maximum absolute atomic E-state index is 12.2. The lowest BCUT2D eigenvalue weighted by Gasteiger charge is -2.20. The van der Waals surface area contributed by atoms with E-state index in [1.54, 1.807) is 0 Å². The summed E-state index contributed by atoms with van der Waals surface area (Å²) in [5, 5.41) is 3.31. The summed E-state index contributed by atoms with van der Waals surface area (Å²) in [6.07, 6.45) is 1.62. The molecule has 2 aliphatic heterocycles. The molecular weight excluding hydrogens is 230 g/mol. The average molecular weight is 247 g/mol. The van der Waals surface area contributed by atoms with Crippen molar-refractivity contribution in [1.82, 2.24) is 5.32 Å². The first-order chi connectivity index (χ1) is 8.84. The Bertz CT molecular complexity index is 452. The summed E-state index contributed by atoms with van der Waals surface area (Å²) in [5.41, 5.74) is 3.07. The van der Waals surface area contributed by atoms with Crippen LogP contribution in [0.1, 0.15) is 27.9 Å². The van der Waals surface area contributed by atoms with Crippen molar-refractivity contribution in [2.75, 3.05) is 19.8 Å². The van der Waals surface area contributed by atoms with Gasteiger partial charge >= 0.3 is 5.97 Å². The van der Waals surface area contributed by atoms with Crippen molar-refractivity contribution in [1.29, 1.82) is 0 Å². The first kappa shape index (κ1) is 11.7. The Labute approximate surface area is 106 Å². The Morgan fingerprint density at radius 3 is 3.22 bits per heavy atom. The summed E-state index contributed by atoms with van der Waals surface area (Å²) in [6.45, 7) is 2.98. The Morgan fingerprint density at radius 1 is 1.44 bits per heavy atom. The van der Waals surface area contributed by atoms with Gasteiger partial charge in [0.15, 0.2) is 0 Å². The number of hydrogen-bond acceptors (Lipinski definition) is 4. The summed E-state index contributed by atoms with van der Waals surface area (Å²) in [7, 11) is 0. The van der Waals surface area contributed by atoms with Crippen LogP contribution >= 0.6 is 0 Å². The third-order valence-corrected chi connectivity index (χ3v) is 3.52. The van der Waals surface area contributed by atoms with E-state index in [2.05, 4.69) is 11.4 Å². The summed E-state index contributed by atoms with van der Waals surface area (Å²) < 4.78 is 10.7. The number of ether oxygens (including phenoxy) is 2. The van der Waals surface area contributed by atoms with E-state index in [4.69, 9.17) is 9.47 Å². The van der Waals surface area contributed by atoms with Gasteiger partial charge in [0.25, 0.3) is 0 Å². The van der Waals surface area contributed by atoms with Crippen molar-refractivity contribution in [2.24, 2.45) is 0 Å². The number of nitrogens with one attached hydrogen (secondary N) is 1. The molecule has 1 aromatic carbocycles. The zero-order valence-corrected chi connectivity index (χ0v) is 10.3. The Hall–Kier alpha value is -1.39. The molecule has 0 saturated carbocycles. The second-order valence-electron chi connectivity index (χ2n) is 4.76. The van der Waals surface area contributed by atoms with Gasteiger partial charge in [-0.3, -0.25) is 0 Å². The van der Waals surface area contributed by atoms with Crippen molar-refractivity contribution in [3.8, 4) is 0 Å². The number of fused-ring (bicyclic) bond motifs is 1. The van der Waals surface area contributed by atoms with Crippen LogP contribution in [-0.4, -0.2) is 31.8 Å². The van der Waals surface area contributed by atoms with Gasteiger partial charge in [0.2, 0.25) is 0 Å². The molecule has 4 nitrogen and oxygen atoms in total. The minimum atomic E-state index is -0.204. The van der Waals surface area contributed by atoms with Crippen LogP contribution in [0.3, 0.4) is 0 Å². The smallest absolute Gasteiger partial charge is 0.338 e. The molecule has 1 aromatic rings. The first-order valence-electron chi connectivity index (χ1n) is 6.45. The quantitative estimate of drug-likeness (QED) is 0.800. The summed E-state index contributed by atoms with van der Waals surface area (Å²) in [6, 6.07) is 5.85. The van der Waals surface area contributed by atoms with Gasteiger partial charge in [-0.25, -0.2) is 4.79 Å². The van der Waals surface area contributed by atoms with Gasteiger partial charge in [-0.2, -0.15) is 0 Å². The van der Waals surface area contributed by atoms with E-state index in [-0.39, 0.29) is 12.1 Å². The molecule has 1 saturated heterocycles. The molecule has 96 valence electrons. The number of rotatable bonds is 2. The predicted molar refractivity (Wildman–Crippen MR) is 66.5 cm³/mol. The molecule has 2 heterocycles. The Balaban J connectivity index is 1.80. The zero-order valence-electron chi connectivity index (χ0n) is 10.3. The molecule has 3 rings (SSSR count). The van der Waals surface area contributed by atoms with E-state index in [1.165, 1.54) is 5.56 Å². The molecule has 18 heavy (non-hydrogen) atoms. The largest absolute Gasteiger partial charge is 0.456 e. The van der Waals surface area contributed by atoms with Crippen LogP contribution in [0.25, 0.3) is 0 Å². The number of carbonyl (C=O) groups is 1. The van der Waals surface area contributed by atoms with Gasteiger partial charge in [-0.15, -0.1) is 0 Å². The van der Waals surface area contributed by atoms with Crippen LogP contribution in [0, 0.1) is 0 Å². The van der Waals surface area contributed by atoms with Gasteiger partial charge in [0.05, 0.1) is 18.8 Å². The van der Waals surface area contributed by atoms with E-state index in [0.717, 1.165) is 37.1 Å². The highest BCUT2D eigenvalue weighted by atomic mass is 16.6. The van der Waals surface area contributed by atoms with Gasteiger partial charge < -0.3 is 14.8 Å². The molecule has 1 unspecified atom stereocenters. The lowest BCUT2D eigenvalue weighted by Crippen LogP contribution is -2.26. The van der Waals surface area contributed by atoms with E-state index < -0.39 is 0 Å². The van der Waals surface area contributed by atoms with Gasteiger partial charge in [0.1, 0.15) is 6.10 Å². The van der Waals surface area contributed by atoms with E-state index >= 15 is 0 Å². The standard InChI is InChI=1S/C14H17NO3/c16-14(18-11-5-7-17-9-11)13-3-1-2-10-8-15-6-4-12(10)13/h1-3,11,15H,4-9H2. The number of esters is 1. The zero-order chi connectivity index (χ0) is 12.4. The monoisotopic (exact) mass is 247 g/mol. The van der Waals surface area contributed by atoms with E-state index in [9.17, 15) is 4.79 Å². The topological polar surface area (TPSA) is 47.6 Å². The predicted octanol–water partition coefficient (Wildman–Crippen LogP) is 1.28. The number of benzene rings is 1. The highest BCUT2D eigenvalue weighted by molar-refractivity contribution is 5.91. The molecule has 1 fully saturated rings. The van der Waals surface area contributed by atoms with Crippen molar-refractivity contribution >= 4 is 5.97 Å². The molecule has 4 heteroatoms. The summed E-state index contributed by atoms with van der Waals surface area (Å²) >= 11 is 0. The Morgan fingerprint density at radius 2 is 2.39 bits per heavy atom. The maximum atomic E-state index is 12.2. The highest BCUT2D eigenvalue weighted by Gasteiger charge is 2.23. The van der Waals surface area contributed by atoms with Crippen molar-refractivity contribution in [3.05, 3.63) is 34.9 Å². The van der Waals surface area contributed by atoms with Crippen molar-refractivity contribution in [2.45, 2.75) is 25.5 Å². The fraction of sp³-hybridized carbons (Fsp3) is 0.500. The molecule has 0 radical (unpaired) electrons. The third-order valence-electron chi connectivity index (χ3n) is 3.52. The summed E-state index contributed by atoms with van der Waals surface area (Å²) in [4.78, 5) is 12.2. The van der Waals surface area contributed by atoms with Crippen LogP contribution < -0.4 is 5.32 Å². The van der Waals surface area contributed by atoms with Crippen LogP contribution in [0.5, 0.6) is 0 Å². The Kier molecular flexibility index (Phi) is 3.30. The lowest BCUT2D eigenvalue weighted by atomic mass is 9.95. The van der Waals surface area contributed by atoms with Gasteiger partial charge in [-0.05, 0) is 30.2 Å². The number of hydrogen-bond donors (Lipinski definition) is 1. The molecule has 2 aliphatic rings. The van der Waals surface area contributed by atoms with Crippen molar-refractivity contribution in [3.63, 3.8) is 0 Å². The SMILES string of the molecule is O=C(OC1CCOC1)c1cccc2c1CCNC2. The molecule has 1 atom stereocenters. The second kappa shape index (κ2) is 5.08. The minimum Gasteiger partial charge on any atom is -0.456 e. The van der Waals surface area contributed by atoms with Gasteiger partial charge in [0, 0.05) is 13.0 Å². The minimum absolute atomic E-state index is 0.0740. The fourth-order valence-corrected chi connectivity index (χ4v) is 2.54. The molecule has 0 aliphatic carbocycles. The normalized spacial score (nSPS) is 22.6. The van der Waals surface area contributed by atoms with Crippen LogP contribution in [-0.2, 0) is 22.4 Å². The first-order valence-corrected chi connectivity index (χ1v) is 6.45. The van der Waals surface area contributed by atoms with Crippen LogP contribution in [0.15, 0.2) is 18.2 Å². The molecule has 0 bridgehead atoms. The van der Waals surface area contributed by atoms with Crippen molar-refractivity contribution < 1.29 is 14.3 Å². The average Bonchev–Trinajstić information content (AvgIpc) is 2.91. The maximum Gasteiger partial charge on any atom is 0.338 e. The van der Waals surface area contributed by atoms with E-state index in [1.807, 2.05) is 12.1 Å².